The Kier molecular flexibility index (Phi) is 6.99. The van der Waals surface area contributed by atoms with Crippen LogP contribution in [0.25, 0.3) is 0 Å². The van der Waals surface area contributed by atoms with Gasteiger partial charge >= 0.3 is 35.0 Å². The van der Waals surface area contributed by atoms with Crippen LogP contribution in [0.5, 0.6) is 0 Å². The van der Waals surface area contributed by atoms with E-state index in [-0.39, 0.29) is 25.9 Å². The average Bonchev–Trinajstić information content (AvgIpc) is 1.61. The molecule has 0 radical (unpaired) electrons. The molecule has 9 heavy (non-hydrogen) atoms. The molecule has 0 rings (SSSR count). The fourth-order valence-electron chi connectivity index (χ4n) is 0.143. The van der Waals surface area contributed by atoms with Gasteiger partial charge in [0.05, 0.1) is 0 Å². The Labute approximate surface area is 70.3 Å². The quantitative estimate of drug-likeness (QED) is 0.405. The van der Waals surface area contributed by atoms with Gasteiger partial charge in [0.25, 0.3) is 0 Å². The normalized spacial score (nSPS) is 8.44. The fourth-order valence-corrected chi connectivity index (χ4v) is 0.143. The maximum atomic E-state index is 9.55. The van der Waals surface area contributed by atoms with Crippen LogP contribution in [0.15, 0.2) is 12.2 Å². The standard InChI is InChI=1S/C4H4O4.Mg.2H/c5-3(6)1-2-4(7)8;;;/h1-2H,(H,5,6)(H,7,8);;;/q;+2;2*-1/b2-1+;;;. The molecule has 0 saturated heterocycles. The minimum atomic E-state index is -1.26. The summed E-state index contributed by atoms with van der Waals surface area (Å²) in [5.74, 6) is -2.51. The van der Waals surface area contributed by atoms with Crippen LogP contribution in [-0.2, 0) is 9.59 Å². The van der Waals surface area contributed by atoms with Crippen LogP contribution < -0.4 is 0 Å². The van der Waals surface area contributed by atoms with Crippen LogP contribution in [0.1, 0.15) is 2.85 Å². The van der Waals surface area contributed by atoms with Crippen molar-refractivity contribution in [3.63, 3.8) is 0 Å². The molecule has 2 N–H and O–H groups in total. The molecule has 0 aromatic carbocycles. The first-order chi connectivity index (χ1) is 3.63. The molecule has 0 aliphatic heterocycles. The van der Waals surface area contributed by atoms with E-state index in [0.717, 1.165) is 0 Å². The third-order valence-corrected chi connectivity index (χ3v) is 0.368. The van der Waals surface area contributed by atoms with Gasteiger partial charge in [-0.05, 0) is 0 Å². The first kappa shape index (κ1) is 11.3. The molecule has 0 aliphatic rings. The number of carboxylic acid groups (broad SMARTS) is 2. The second-order valence-electron chi connectivity index (χ2n) is 1.01. The summed E-state index contributed by atoms with van der Waals surface area (Å²) >= 11 is 0. The molecule has 0 spiro atoms. The van der Waals surface area contributed by atoms with Gasteiger partial charge in [-0.15, -0.1) is 0 Å². The largest absolute Gasteiger partial charge is 2.00 e. The Hall–Kier alpha value is -0.554. The molecule has 4 nitrogen and oxygen atoms in total. The van der Waals surface area contributed by atoms with Crippen molar-refractivity contribution in [1.29, 1.82) is 0 Å². The van der Waals surface area contributed by atoms with Gasteiger partial charge in [-0.1, -0.05) is 0 Å². The van der Waals surface area contributed by atoms with Crippen molar-refractivity contribution in [3.05, 3.63) is 12.2 Å². The number of hydrogen-bond donors (Lipinski definition) is 2. The van der Waals surface area contributed by atoms with E-state index in [0.29, 0.717) is 12.2 Å². The van der Waals surface area contributed by atoms with E-state index in [1.807, 2.05) is 0 Å². The third kappa shape index (κ3) is 11.2. The van der Waals surface area contributed by atoms with E-state index >= 15 is 0 Å². The van der Waals surface area contributed by atoms with Crippen LogP contribution in [-0.4, -0.2) is 45.2 Å². The molecule has 48 valence electrons. The van der Waals surface area contributed by atoms with Crippen LogP contribution in [0.3, 0.4) is 0 Å². The molecule has 0 amide bonds. The third-order valence-electron chi connectivity index (χ3n) is 0.368. The SMILES string of the molecule is O=C(O)/C=C/C(=O)O.[H-].[H-].[Mg+2]. The number of aliphatic carboxylic acids is 2. The summed E-state index contributed by atoms with van der Waals surface area (Å²) in [5, 5.41) is 15.6. The summed E-state index contributed by atoms with van der Waals surface area (Å²) in [5.41, 5.74) is 0. The zero-order valence-corrected chi connectivity index (χ0v) is 5.99. The molecule has 0 aromatic rings. The van der Waals surface area contributed by atoms with Gasteiger partial charge in [0.2, 0.25) is 0 Å². The number of carboxylic acids is 2. The molecular weight excluding hydrogens is 136 g/mol. The van der Waals surface area contributed by atoms with E-state index in [4.69, 9.17) is 10.2 Å². The van der Waals surface area contributed by atoms with Crippen molar-refractivity contribution in [1.82, 2.24) is 0 Å². The van der Waals surface area contributed by atoms with Gasteiger partial charge in [0.1, 0.15) is 0 Å². The van der Waals surface area contributed by atoms with E-state index in [1.165, 1.54) is 0 Å². The van der Waals surface area contributed by atoms with Gasteiger partial charge in [0.15, 0.2) is 0 Å². The van der Waals surface area contributed by atoms with Crippen molar-refractivity contribution >= 4 is 35.0 Å². The van der Waals surface area contributed by atoms with E-state index in [2.05, 4.69) is 0 Å². The maximum Gasteiger partial charge on any atom is 2.00 e. The summed E-state index contributed by atoms with van der Waals surface area (Å²) < 4.78 is 0. The summed E-state index contributed by atoms with van der Waals surface area (Å²) in [6.07, 6.45) is 1.12. The smallest absolute Gasteiger partial charge is 1.00 e. The monoisotopic (exact) mass is 142 g/mol. The second-order valence-corrected chi connectivity index (χ2v) is 1.01. The van der Waals surface area contributed by atoms with Gasteiger partial charge in [-0.3, -0.25) is 0 Å². The summed E-state index contributed by atoms with van der Waals surface area (Å²) in [4.78, 5) is 19.1. The first-order valence-electron chi connectivity index (χ1n) is 1.77. The summed E-state index contributed by atoms with van der Waals surface area (Å²) in [7, 11) is 0. The summed E-state index contributed by atoms with van der Waals surface area (Å²) in [6, 6.07) is 0. The van der Waals surface area contributed by atoms with Crippen molar-refractivity contribution < 1.29 is 22.7 Å². The minimum absolute atomic E-state index is 0. The minimum Gasteiger partial charge on any atom is -1.00 e. The molecular formula is C4H6MgO4. The van der Waals surface area contributed by atoms with E-state index in [9.17, 15) is 9.59 Å². The Morgan fingerprint density at radius 1 is 1.11 bits per heavy atom. The maximum absolute atomic E-state index is 9.55. The molecule has 0 bridgehead atoms. The van der Waals surface area contributed by atoms with Crippen molar-refractivity contribution in [3.8, 4) is 0 Å². The van der Waals surface area contributed by atoms with Gasteiger partial charge in [0, 0.05) is 12.2 Å². The Morgan fingerprint density at radius 3 is 1.44 bits per heavy atom. The zero-order chi connectivity index (χ0) is 6.57. The number of hydrogen-bond acceptors (Lipinski definition) is 2. The first-order valence-corrected chi connectivity index (χ1v) is 1.77. The topological polar surface area (TPSA) is 74.6 Å². The average molecular weight is 142 g/mol. The second kappa shape index (κ2) is 5.58. The fraction of sp³-hybridized carbons (Fsp3) is 0. The molecule has 0 atom stereocenters. The Bertz CT molecular complexity index is 131. The molecule has 0 heterocycles. The molecule has 5 heteroatoms. The van der Waals surface area contributed by atoms with Gasteiger partial charge in [-0.2, -0.15) is 0 Å². The Balaban J connectivity index is -0.0000000817. The molecule has 0 unspecified atom stereocenters. The van der Waals surface area contributed by atoms with Crippen LogP contribution in [0.2, 0.25) is 0 Å². The van der Waals surface area contributed by atoms with E-state index < -0.39 is 11.9 Å². The molecule has 0 aliphatic carbocycles. The number of carbonyl (C=O) groups is 2. The van der Waals surface area contributed by atoms with Crippen molar-refractivity contribution in [2.75, 3.05) is 0 Å². The molecule has 0 aromatic heterocycles. The Morgan fingerprint density at radius 2 is 1.33 bits per heavy atom. The predicted octanol–water partition coefficient (Wildman–Crippen LogP) is -0.444. The van der Waals surface area contributed by atoms with Crippen LogP contribution >= 0.6 is 0 Å². The molecule has 0 saturated carbocycles. The molecule has 0 fully saturated rings. The van der Waals surface area contributed by atoms with Crippen LogP contribution in [0, 0.1) is 0 Å². The van der Waals surface area contributed by atoms with Crippen molar-refractivity contribution in [2.24, 2.45) is 0 Å². The van der Waals surface area contributed by atoms with Gasteiger partial charge in [-0.25, -0.2) is 9.59 Å². The van der Waals surface area contributed by atoms with Crippen LogP contribution in [0.4, 0.5) is 0 Å². The predicted molar refractivity (Wildman–Crippen MR) is 32.4 cm³/mol. The van der Waals surface area contributed by atoms with E-state index in [1.54, 1.807) is 0 Å². The van der Waals surface area contributed by atoms with Gasteiger partial charge < -0.3 is 13.1 Å². The zero-order valence-electron chi connectivity index (χ0n) is 6.57. The number of rotatable bonds is 2. The van der Waals surface area contributed by atoms with Crippen molar-refractivity contribution in [2.45, 2.75) is 0 Å². The summed E-state index contributed by atoms with van der Waals surface area (Å²) in [6.45, 7) is 0.